The molecule has 5 nitrogen and oxygen atoms in total. The molecule has 4 rings (SSSR count). The molecule has 0 bridgehead atoms. The van der Waals surface area contributed by atoms with Gasteiger partial charge in [0.15, 0.2) is 5.82 Å². The molecule has 2 aliphatic heterocycles. The Morgan fingerprint density at radius 3 is 3.00 bits per heavy atom. The molecule has 0 spiro atoms. The Balaban J connectivity index is 0.000000807. The maximum absolute atomic E-state index is 4.71. The lowest BCUT2D eigenvalue weighted by Gasteiger charge is -2.13. The number of aromatic nitrogens is 4. The van der Waals surface area contributed by atoms with Crippen LogP contribution in [-0.4, -0.2) is 37.4 Å². The van der Waals surface area contributed by atoms with E-state index in [1.54, 1.807) is 0 Å². The van der Waals surface area contributed by atoms with E-state index in [1.807, 2.05) is 18.0 Å². The average Bonchev–Trinajstić information content (AvgIpc) is 3.17. The van der Waals surface area contributed by atoms with Gasteiger partial charge in [-0.1, -0.05) is 0 Å². The molecule has 2 aromatic rings. The maximum atomic E-state index is 4.71. The summed E-state index contributed by atoms with van der Waals surface area (Å²) < 4.78 is 4.41. The number of nitrogens with zero attached hydrogens (tertiary/aromatic N) is 4. The summed E-state index contributed by atoms with van der Waals surface area (Å²) in [5, 5.41) is 8.09. The van der Waals surface area contributed by atoms with Gasteiger partial charge in [-0.15, -0.1) is 24.8 Å². The van der Waals surface area contributed by atoms with E-state index in [0.29, 0.717) is 6.04 Å². The highest BCUT2D eigenvalue weighted by atomic mass is 35.5. The molecule has 2 aliphatic rings. The molecule has 1 N–H and O–H groups in total. The largest absolute Gasteiger partial charge is 0.326 e. The third-order valence-corrected chi connectivity index (χ3v) is 5.01. The van der Waals surface area contributed by atoms with Gasteiger partial charge in [-0.3, -0.25) is 4.68 Å². The molecule has 1 unspecified atom stereocenters. The van der Waals surface area contributed by atoms with E-state index in [9.17, 15) is 0 Å². The van der Waals surface area contributed by atoms with Crippen molar-refractivity contribution < 1.29 is 0 Å². The predicted octanol–water partition coefficient (Wildman–Crippen LogP) is 2.37. The molecule has 8 heteroatoms. The van der Waals surface area contributed by atoms with Gasteiger partial charge in [0.05, 0.1) is 12.2 Å². The van der Waals surface area contributed by atoms with E-state index in [-0.39, 0.29) is 24.8 Å². The first-order valence-electron chi connectivity index (χ1n) is 6.80. The van der Waals surface area contributed by atoms with Crippen LogP contribution in [0, 0.1) is 0 Å². The highest BCUT2D eigenvalue weighted by Gasteiger charge is 2.22. The van der Waals surface area contributed by atoms with Gasteiger partial charge < -0.3 is 9.88 Å². The maximum Gasteiger partial charge on any atom is 0.160 e. The van der Waals surface area contributed by atoms with Crippen molar-refractivity contribution in [2.75, 3.05) is 18.1 Å². The highest BCUT2D eigenvalue weighted by Crippen LogP contribution is 2.31. The average molecular weight is 348 g/mol. The summed E-state index contributed by atoms with van der Waals surface area (Å²) in [6.07, 6.45) is 5.24. The topological polar surface area (TPSA) is 47.7 Å². The minimum atomic E-state index is 0. The zero-order valence-electron chi connectivity index (χ0n) is 11.6. The second kappa shape index (κ2) is 7.05. The van der Waals surface area contributed by atoms with Gasteiger partial charge in [0, 0.05) is 37.3 Å². The summed E-state index contributed by atoms with van der Waals surface area (Å²) in [6.45, 7) is 2.87. The van der Waals surface area contributed by atoms with Crippen LogP contribution in [0.15, 0.2) is 18.5 Å². The van der Waals surface area contributed by atoms with E-state index < -0.39 is 0 Å². The highest BCUT2D eigenvalue weighted by molar-refractivity contribution is 7.99. The molecule has 1 fully saturated rings. The number of rotatable bonds is 2. The monoisotopic (exact) mass is 347 g/mol. The molecule has 0 radical (unpaired) electrons. The fraction of sp³-hybridized carbons (Fsp3) is 0.538. The number of imidazole rings is 1. The van der Waals surface area contributed by atoms with Crippen molar-refractivity contribution in [3.8, 4) is 11.5 Å². The number of hydrogen-bond acceptors (Lipinski definition) is 4. The second-order valence-corrected chi connectivity index (χ2v) is 6.25. The van der Waals surface area contributed by atoms with Crippen molar-refractivity contribution in [3.63, 3.8) is 0 Å². The number of thioether (sulfide) groups is 1. The molecule has 0 aromatic carbocycles. The number of nitrogens with one attached hydrogen (secondary N) is 1. The molecule has 0 saturated carbocycles. The minimum absolute atomic E-state index is 0. The lowest BCUT2D eigenvalue weighted by molar-refractivity contribution is 0.475. The van der Waals surface area contributed by atoms with Crippen LogP contribution in [0.25, 0.3) is 11.5 Å². The first-order chi connectivity index (χ1) is 9.42. The summed E-state index contributed by atoms with van der Waals surface area (Å²) in [4.78, 5) is 4.53. The van der Waals surface area contributed by atoms with Crippen LogP contribution in [0.1, 0.15) is 18.2 Å². The predicted molar refractivity (Wildman–Crippen MR) is 90.6 cm³/mol. The van der Waals surface area contributed by atoms with Crippen molar-refractivity contribution in [1.29, 1.82) is 0 Å². The van der Waals surface area contributed by atoms with Crippen LogP contribution in [0.2, 0.25) is 0 Å². The first kappa shape index (κ1) is 16.7. The van der Waals surface area contributed by atoms with Gasteiger partial charge in [0.1, 0.15) is 5.69 Å². The standard InChI is InChI=1S/C13H17N5S.2ClH/c1-6-19-9-10(1)17-4-3-15-13(17)12-7-11-8-14-2-5-18(11)16-12;;/h3-4,7,10,14H,1-2,5-6,8-9H2;2*1H. The number of halogens is 2. The van der Waals surface area contributed by atoms with Gasteiger partial charge in [0.2, 0.25) is 0 Å². The molecule has 4 heterocycles. The number of hydrogen-bond donors (Lipinski definition) is 1. The molecule has 0 amide bonds. The Morgan fingerprint density at radius 2 is 2.24 bits per heavy atom. The SMILES string of the molecule is Cl.Cl.c1cn(C2CCSC2)c(-c2cc3n(n2)CCNC3)n1. The molecular weight excluding hydrogens is 329 g/mol. The van der Waals surface area contributed by atoms with Crippen LogP contribution >= 0.6 is 36.6 Å². The number of fused-ring (bicyclic) bond motifs is 1. The summed E-state index contributed by atoms with van der Waals surface area (Å²) in [5.41, 5.74) is 2.28. The first-order valence-corrected chi connectivity index (χ1v) is 7.96. The van der Waals surface area contributed by atoms with Crippen LogP contribution in [0.4, 0.5) is 0 Å². The lowest BCUT2D eigenvalue weighted by atomic mass is 10.2. The molecule has 2 aromatic heterocycles. The van der Waals surface area contributed by atoms with Gasteiger partial charge in [-0.2, -0.15) is 16.9 Å². The van der Waals surface area contributed by atoms with Crippen molar-refractivity contribution in [2.24, 2.45) is 0 Å². The molecule has 1 atom stereocenters. The van der Waals surface area contributed by atoms with Crippen LogP contribution < -0.4 is 5.32 Å². The second-order valence-electron chi connectivity index (χ2n) is 5.10. The lowest BCUT2D eigenvalue weighted by Crippen LogP contribution is -2.28. The van der Waals surface area contributed by atoms with Crippen LogP contribution in [0.3, 0.4) is 0 Å². The Labute approximate surface area is 140 Å². The quantitative estimate of drug-likeness (QED) is 0.905. The van der Waals surface area contributed by atoms with Gasteiger partial charge in [-0.25, -0.2) is 4.98 Å². The van der Waals surface area contributed by atoms with E-state index in [4.69, 9.17) is 5.10 Å². The Bertz CT molecular complexity index is 568. The van der Waals surface area contributed by atoms with Gasteiger partial charge in [0.25, 0.3) is 0 Å². The van der Waals surface area contributed by atoms with Gasteiger partial charge >= 0.3 is 0 Å². The smallest absolute Gasteiger partial charge is 0.160 e. The summed E-state index contributed by atoms with van der Waals surface area (Å²) in [6, 6.07) is 2.76. The molecular formula is C13H19Cl2N5S. The van der Waals surface area contributed by atoms with E-state index in [2.05, 4.69) is 31.8 Å². The zero-order chi connectivity index (χ0) is 12.7. The molecule has 0 aliphatic carbocycles. The minimum Gasteiger partial charge on any atom is -0.326 e. The molecule has 116 valence electrons. The summed E-state index contributed by atoms with van der Waals surface area (Å²) in [7, 11) is 0. The van der Waals surface area contributed by atoms with E-state index >= 15 is 0 Å². The van der Waals surface area contributed by atoms with Crippen molar-refractivity contribution in [2.45, 2.75) is 25.6 Å². The van der Waals surface area contributed by atoms with Crippen LogP contribution in [0.5, 0.6) is 0 Å². The molecule has 1 saturated heterocycles. The Morgan fingerprint density at radius 1 is 1.33 bits per heavy atom. The van der Waals surface area contributed by atoms with E-state index in [1.165, 1.54) is 23.6 Å². The zero-order valence-corrected chi connectivity index (χ0v) is 14.0. The normalized spacial score (nSPS) is 20.5. The Kier molecular flexibility index (Phi) is 5.60. The Hall–Kier alpha value is -0.690. The van der Waals surface area contributed by atoms with Gasteiger partial charge in [-0.05, 0) is 18.2 Å². The van der Waals surface area contributed by atoms with Crippen molar-refractivity contribution in [3.05, 3.63) is 24.2 Å². The van der Waals surface area contributed by atoms with E-state index in [0.717, 1.165) is 31.2 Å². The van der Waals surface area contributed by atoms with Crippen LogP contribution in [-0.2, 0) is 13.1 Å². The third kappa shape index (κ3) is 3.08. The van der Waals surface area contributed by atoms with Crippen molar-refractivity contribution >= 4 is 36.6 Å². The molecule has 21 heavy (non-hydrogen) atoms. The summed E-state index contributed by atoms with van der Waals surface area (Å²) >= 11 is 2.03. The fourth-order valence-corrected chi connectivity index (χ4v) is 4.05. The third-order valence-electron chi connectivity index (χ3n) is 3.87. The fourth-order valence-electron chi connectivity index (χ4n) is 2.85. The summed E-state index contributed by atoms with van der Waals surface area (Å²) in [5.74, 6) is 3.47. The van der Waals surface area contributed by atoms with Crippen molar-refractivity contribution in [1.82, 2.24) is 24.6 Å².